The molecule has 3 nitrogen and oxygen atoms in total. The van der Waals surface area contributed by atoms with Crippen molar-refractivity contribution in [2.75, 3.05) is 0 Å². The fraction of sp³-hybridized carbons (Fsp3) is 0.0200. The molecule has 1 aliphatic carbocycles. The van der Waals surface area contributed by atoms with Crippen molar-refractivity contribution < 1.29 is 4.74 Å². The molecule has 12 rings (SSSR count). The maximum Gasteiger partial charge on any atom is 0.138 e. The number of pyridine rings is 1. The summed E-state index contributed by atoms with van der Waals surface area (Å²) >= 11 is 0. The minimum atomic E-state index is -0.543. The van der Waals surface area contributed by atoms with E-state index in [2.05, 4.69) is 187 Å². The van der Waals surface area contributed by atoms with Crippen molar-refractivity contribution in [1.82, 2.24) is 9.55 Å². The van der Waals surface area contributed by atoms with Gasteiger partial charge in [-0.15, -0.1) is 0 Å². The van der Waals surface area contributed by atoms with Crippen LogP contribution in [-0.4, -0.2) is 9.55 Å². The molecule has 1 aliphatic heterocycles. The molecule has 0 fully saturated rings. The van der Waals surface area contributed by atoms with Crippen molar-refractivity contribution in [3.63, 3.8) is 0 Å². The monoisotopic (exact) mass is 674 g/mol. The van der Waals surface area contributed by atoms with E-state index in [1.165, 1.54) is 49.4 Å². The summed E-state index contributed by atoms with van der Waals surface area (Å²) in [6.45, 7) is 0. The second kappa shape index (κ2) is 10.5. The molecular formula is C50H30N2O. The number of nitrogens with zero attached hydrogens (tertiary/aromatic N) is 2. The third kappa shape index (κ3) is 3.75. The molecule has 2 aromatic heterocycles. The molecule has 0 amide bonds. The number of benzene rings is 8. The van der Waals surface area contributed by atoms with Gasteiger partial charge in [-0.3, -0.25) is 4.57 Å². The van der Waals surface area contributed by atoms with Gasteiger partial charge in [0.25, 0.3) is 0 Å². The molecule has 0 radical (unpaired) electrons. The van der Waals surface area contributed by atoms with Gasteiger partial charge in [-0.05, 0) is 63.0 Å². The number of hydrogen-bond donors (Lipinski definition) is 0. The smallest absolute Gasteiger partial charge is 0.138 e. The molecule has 2 aliphatic rings. The number of aromatic nitrogens is 2. The second-order valence-electron chi connectivity index (χ2n) is 14.2. The van der Waals surface area contributed by atoms with Crippen LogP contribution in [0.1, 0.15) is 22.3 Å². The Bertz CT molecular complexity index is 3110. The summed E-state index contributed by atoms with van der Waals surface area (Å²) in [6, 6.07) is 65.8. The van der Waals surface area contributed by atoms with Crippen molar-refractivity contribution >= 4 is 43.5 Å². The molecule has 53 heavy (non-hydrogen) atoms. The van der Waals surface area contributed by atoms with Gasteiger partial charge < -0.3 is 4.74 Å². The SMILES string of the molecule is c1ccc(-c2cc(-n3c4cc5c(cc4c4ccc6ccccc6c43)C3(c4ccccc4O5)c4ccccc4-c4ccccc43)nc3ccccc23)cc1. The Balaban J connectivity index is 1.25. The van der Waals surface area contributed by atoms with E-state index >= 15 is 0 Å². The number of hydrogen-bond acceptors (Lipinski definition) is 2. The molecule has 10 aromatic rings. The van der Waals surface area contributed by atoms with Gasteiger partial charge in [0.2, 0.25) is 0 Å². The predicted octanol–water partition coefficient (Wildman–Crippen LogP) is 12.6. The fourth-order valence-corrected chi connectivity index (χ4v) is 9.50. The molecule has 0 bridgehead atoms. The van der Waals surface area contributed by atoms with E-state index in [1.54, 1.807) is 0 Å². The van der Waals surface area contributed by atoms with Crippen LogP contribution in [0, 0.1) is 0 Å². The minimum absolute atomic E-state index is 0.543. The zero-order valence-corrected chi connectivity index (χ0v) is 28.6. The lowest BCUT2D eigenvalue weighted by molar-refractivity contribution is 0.437. The molecule has 0 N–H and O–H groups in total. The highest BCUT2D eigenvalue weighted by Gasteiger charge is 2.51. The summed E-state index contributed by atoms with van der Waals surface area (Å²) in [5.41, 5.74) is 12.4. The first-order valence-corrected chi connectivity index (χ1v) is 18.2. The van der Waals surface area contributed by atoms with Gasteiger partial charge in [-0.25, -0.2) is 4.98 Å². The second-order valence-corrected chi connectivity index (χ2v) is 14.2. The Morgan fingerprint density at radius 2 is 1.09 bits per heavy atom. The van der Waals surface area contributed by atoms with Gasteiger partial charge in [0, 0.05) is 38.7 Å². The molecule has 0 saturated heterocycles. The molecule has 246 valence electrons. The normalized spacial score (nSPS) is 13.6. The zero-order valence-electron chi connectivity index (χ0n) is 28.6. The Kier molecular flexibility index (Phi) is 5.70. The summed E-state index contributed by atoms with van der Waals surface area (Å²) in [5, 5.41) is 5.87. The van der Waals surface area contributed by atoms with Crippen LogP contribution in [0.5, 0.6) is 11.5 Å². The number of fused-ring (bicyclic) bond motifs is 15. The lowest BCUT2D eigenvalue weighted by Gasteiger charge is -2.39. The number of para-hydroxylation sites is 2. The van der Waals surface area contributed by atoms with Crippen LogP contribution >= 0.6 is 0 Å². The summed E-state index contributed by atoms with van der Waals surface area (Å²) in [7, 11) is 0. The first kappa shape index (κ1) is 28.7. The summed E-state index contributed by atoms with van der Waals surface area (Å²) < 4.78 is 9.38. The van der Waals surface area contributed by atoms with E-state index in [-0.39, 0.29) is 0 Å². The Hall–Kier alpha value is -6.97. The van der Waals surface area contributed by atoms with Crippen molar-refractivity contribution in [2.45, 2.75) is 5.41 Å². The number of ether oxygens (including phenoxy) is 1. The van der Waals surface area contributed by atoms with E-state index in [9.17, 15) is 0 Å². The lowest BCUT2D eigenvalue weighted by atomic mass is 9.66. The average molecular weight is 675 g/mol. The lowest BCUT2D eigenvalue weighted by Crippen LogP contribution is -2.32. The van der Waals surface area contributed by atoms with Gasteiger partial charge in [0.1, 0.15) is 17.3 Å². The Morgan fingerprint density at radius 1 is 0.434 bits per heavy atom. The van der Waals surface area contributed by atoms with Crippen LogP contribution in [0.3, 0.4) is 0 Å². The van der Waals surface area contributed by atoms with Crippen LogP contribution in [0.2, 0.25) is 0 Å². The van der Waals surface area contributed by atoms with Crippen LogP contribution in [0.25, 0.3) is 71.6 Å². The van der Waals surface area contributed by atoms with E-state index < -0.39 is 5.41 Å². The van der Waals surface area contributed by atoms with Crippen molar-refractivity contribution in [1.29, 1.82) is 0 Å². The summed E-state index contributed by atoms with van der Waals surface area (Å²) in [5.74, 6) is 2.62. The first-order valence-electron chi connectivity index (χ1n) is 18.2. The maximum absolute atomic E-state index is 7.01. The maximum atomic E-state index is 7.01. The number of rotatable bonds is 2. The quantitative estimate of drug-likeness (QED) is 0.182. The van der Waals surface area contributed by atoms with E-state index in [4.69, 9.17) is 9.72 Å². The summed E-state index contributed by atoms with van der Waals surface area (Å²) in [6.07, 6.45) is 0. The Labute approximate surface area is 306 Å². The molecule has 1 spiro atoms. The third-order valence-electron chi connectivity index (χ3n) is 11.6. The molecule has 0 atom stereocenters. The van der Waals surface area contributed by atoms with E-state index in [1.807, 2.05) is 0 Å². The minimum Gasteiger partial charge on any atom is -0.457 e. The van der Waals surface area contributed by atoms with Crippen LogP contribution in [0.4, 0.5) is 0 Å². The largest absolute Gasteiger partial charge is 0.457 e. The van der Waals surface area contributed by atoms with E-state index in [0.29, 0.717) is 0 Å². The standard InChI is InChI=1S/C50H30N2O/c1-2-14-31(15-3-1)38-29-48(51-44-24-12-8-20-36(38)44)52-45-30-47-43(28-39(45)37-27-26-32-16-4-5-17-33(32)49(37)52)50(42-23-11-13-25-46(42)53-47)40-21-9-6-18-34(40)35-19-7-10-22-41(35)50/h1-30H. The predicted molar refractivity (Wildman–Crippen MR) is 216 cm³/mol. The summed E-state index contributed by atoms with van der Waals surface area (Å²) in [4.78, 5) is 5.41. The van der Waals surface area contributed by atoms with Gasteiger partial charge in [-0.2, -0.15) is 0 Å². The molecule has 3 heteroatoms. The molecule has 0 unspecified atom stereocenters. The van der Waals surface area contributed by atoms with Gasteiger partial charge in [0.05, 0.1) is 22.0 Å². The first-order chi connectivity index (χ1) is 26.3. The van der Waals surface area contributed by atoms with Crippen LogP contribution < -0.4 is 4.74 Å². The van der Waals surface area contributed by atoms with Crippen LogP contribution in [-0.2, 0) is 5.41 Å². The molecule has 0 saturated carbocycles. The highest BCUT2D eigenvalue weighted by Crippen LogP contribution is 2.62. The topological polar surface area (TPSA) is 27.1 Å². The zero-order chi connectivity index (χ0) is 34.7. The van der Waals surface area contributed by atoms with Crippen LogP contribution in [0.15, 0.2) is 182 Å². The highest BCUT2D eigenvalue weighted by molar-refractivity contribution is 6.19. The van der Waals surface area contributed by atoms with Crippen molar-refractivity contribution in [2.24, 2.45) is 0 Å². The van der Waals surface area contributed by atoms with Gasteiger partial charge >= 0.3 is 0 Å². The Morgan fingerprint density at radius 3 is 1.91 bits per heavy atom. The molecule has 8 aromatic carbocycles. The van der Waals surface area contributed by atoms with Gasteiger partial charge in [0.15, 0.2) is 0 Å². The average Bonchev–Trinajstić information content (AvgIpc) is 3.71. The van der Waals surface area contributed by atoms with Gasteiger partial charge in [-0.1, -0.05) is 152 Å². The highest BCUT2D eigenvalue weighted by atomic mass is 16.5. The fourth-order valence-electron chi connectivity index (χ4n) is 9.50. The molecule has 3 heterocycles. The third-order valence-corrected chi connectivity index (χ3v) is 11.6. The van der Waals surface area contributed by atoms with Crippen molar-refractivity contribution in [3.05, 3.63) is 204 Å². The van der Waals surface area contributed by atoms with Crippen molar-refractivity contribution in [3.8, 4) is 39.6 Å². The van der Waals surface area contributed by atoms with E-state index in [0.717, 1.165) is 55.9 Å². The molecular weight excluding hydrogens is 645 g/mol.